The minimum Gasteiger partial charge on any atom is -0.369 e. The predicted molar refractivity (Wildman–Crippen MR) is 103 cm³/mol. The van der Waals surface area contributed by atoms with E-state index in [9.17, 15) is 9.59 Å². The zero-order valence-electron chi connectivity index (χ0n) is 13.0. The molecule has 0 aliphatic heterocycles. The summed E-state index contributed by atoms with van der Waals surface area (Å²) >= 11 is 2.61. The number of fused-ring (bicyclic) bond motifs is 3. The fourth-order valence-electron chi connectivity index (χ4n) is 2.66. The molecular formula is C18H13N3O2S2. The molecule has 0 fully saturated rings. The van der Waals surface area contributed by atoms with Crippen molar-refractivity contribution >= 4 is 49.3 Å². The van der Waals surface area contributed by atoms with Gasteiger partial charge < -0.3 is 5.73 Å². The van der Waals surface area contributed by atoms with Crippen molar-refractivity contribution in [3.05, 3.63) is 65.0 Å². The average molecular weight is 367 g/mol. The van der Waals surface area contributed by atoms with Gasteiger partial charge in [-0.3, -0.25) is 14.2 Å². The topological polar surface area (TPSA) is 78.0 Å². The van der Waals surface area contributed by atoms with Gasteiger partial charge in [-0.1, -0.05) is 48.2 Å². The van der Waals surface area contributed by atoms with E-state index in [2.05, 4.69) is 0 Å². The van der Waals surface area contributed by atoms with Crippen LogP contribution in [-0.2, 0) is 4.79 Å². The zero-order valence-corrected chi connectivity index (χ0v) is 14.6. The minimum absolute atomic E-state index is 0.0624. The van der Waals surface area contributed by atoms with Gasteiger partial charge in [0.2, 0.25) is 5.91 Å². The lowest BCUT2D eigenvalue weighted by molar-refractivity contribution is -0.115. The van der Waals surface area contributed by atoms with Crippen molar-refractivity contribution in [2.24, 2.45) is 5.73 Å². The first-order valence-electron chi connectivity index (χ1n) is 7.56. The highest BCUT2D eigenvalue weighted by Crippen LogP contribution is 2.32. The van der Waals surface area contributed by atoms with Crippen LogP contribution in [-0.4, -0.2) is 21.2 Å². The number of nitrogens with zero attached hydrogens (tertiary/aromatic N) is 2. The summed E-state index contributed by atoms with van der Waals surface area (Å²) in [7, 11) is 0. The van der Waals surface area contributed by atoms with E-state index in [-0.39, 0.29) is 11.3 Å². The van der Waals surface area contributed by atoms with Crippen LogP contribution in [0.25, 0.3) is 26.0 Å². The fraction of sp³-hybridized carbons (Fsp3) is 0.0556. The van der Waals surface area contributed by atoms with Crippen LogP contribution in [0.1, 0.15) is 0 Å². The molecule has 25 heavy (non-hydrogen) atoms. The van der Waals surface area contributed by atoms with Gasteiger partial charge in [-0.05, 0) is 18.2 Å². The highest BCUT2D eigenvalue weighted by Gasteiger charge is 2.17. The lowest BCUT2D eigenvalue weighted by Crippen LogP contribution is -2.22. The van der Waals surface area contributed by atoms with Crippen molar-refractivity contribution in [3.8, 4) is 5.69 Å². The second-order valence-corrected chi connectivity index (χ2v) is 7.40. The van der Waals surface area contributed by atoms with Gasteiger partial charge in [0.1, 0.15) is 4.70 Å². The smallest absolute Gasteiger partial charge is 0.276 e. The SMILES string of the molecule is NC(=O)CSc1nc2c(sc3ccccc32)c(=O)n1-c1ccccc1. The summed E-state index contributed by atoms with van der Waals surface area (Å²) in [5.41, 5.74) is 6.53. The molecule has 5 nitrogen and oxygen atoms in total. The molecule has 2 N–H and O–H groups in total. The molecule has 0 unspecified atom stereocenters. The van der Waals surface area contributed by atoms with E-state index < -0.39 is 5.91 Å². The molecule has 2 aromatic heterocycles. The summed E-state index contributed by atoms with van der Waals surface area (Å²) in [5, 5.41) is 1.41. The Morgan fingerprint density at radius 1 is 1.12 bits per heavy atom. The maximum atomic E-state index is 13.2. The van der Waals surface area contributed by atoms with Crippen LogP contribution >= 0.6 is 23.1 Å². The van der Waals surface area contributed by atoms with Crippen LogP contribution in [0.2, 0.25) is 0 Å². The van der Waals surface area contributed by atoms with Crippen molar-refractivity contribution < 1.29 is 4.79 Å². The molecule has 4 rings (SSSR count). The number of benzene rings is 2. The molecule has 1 amide bonds. The molecule has 0 spiro atoms. The maximum Gasteiger partial charge on any atom is 0.276 e. The summed E-state index contributed by atoms with van der Waals surface area (Å²) < 4.78 is 3.16. The Bertz CT molecular complexity index is 1150. The number of nitrogens with two attached hydrogens (primary N) is 1. The van der Waals surface area contributed by atoms with Gasteiger partial charge in [0, 0.05) is 10.1 Å². The molecule has 0 saturated heterocycles. The van der Waals surface area contributed by atoms with Gasteiger partial charge in [0.15, 0.2) is 5.16 Å². The molecule has 0 bridgehead atoms. The molecule has 2 heterocycles. The van der Waals surface area contributed by atoms with Crippen molar-refractivity contribution in [1.29, 1.82) is 0 Å². The number of primary amides is 1. The van der Waals surface area contributed by atoms with Crippen LogP contribution in [0.4, 0.5) is 0 Å². The van der Waals surface area contributed by atoms with Gasteiger partial charge >= 0.3 is 0 Å². The standard InChI is InChI=1S/C18H13N3O2S2/c19-14(22)10-24-18-20-15-12-8-4-5-9-13(12)25-16(15)17(23)21(18)11-6-2-1-3-7-11/h1-9H,10H2,(H2,19,22). The Balaban J connectivity index is 2.05. The first-order chi connectivity index (χ1) is 12.1. The van der Waals surface area contributed by atoms with E-state index in [1.807, 2.05) is 54.6 Å². The van der Waals surface area contributed by atoms with Crippen molar-refractivity contribution in [2.45, 2.75) is 5.16 Å². The normalized spacial score (nSPS) is 11.2. The van der Waals surface area contributed by atoms with Crippen molar-refractivity contribution in [3.63, 3.8) is 0 Å². The van der Waals surface area contributed by atoms with Gasteiger partial charge in [-0.15, -0.1) is 11.3 Å². The Labute approximate surface area is 151 Å². The lowest BCUT2D eigenvalue weighted by atomic mass is 10.2. The predicted octanol–water partition coefficient (Wildman–Crippen LogP) is 3.18. The lowest BCUT2D eigenvalue weighted by Gasteiger charge is -2.11. The summed E-state index contributed by atoms with van der Waals surface area (Å²) in [6.07, 6.45) is 0. The summed E-state index contributed by atoms with van der Waals surface area (Å²) in [4.78, 5) is 29.1. The van der Waals surface area contributed by atoms with Crippen LogP contribution < -0.4 is 11.3 Å². The first-order valence-corrected chi connectivity index (χ1v) is 9.36. The molecule has 0 aliphatic carbocycles. The summed E-state index contributed by atoms with van der Waals surface area (Å²) in [6.45, 7) is 0. The van der Waals surface area contributed by atoms with Crippen LogP contribution in [0.5, 0.6) is 0 Å². The molecule has 2 aromatic carbocycles. The largest absolute Gasteiger partial charge is 0.369 e. The maximum absolute atomic E-state index is 13.2. The Morgan fingerprint density at radius 3 is 2.60 bits per heavy atom. The number of carbonyl (C=O) groups excluding carboxylic acids is 1. The Morgan fingerprint density at radius 2 is 1.84 bits per heavy atom. The van der Waals surface area contributed by atoms with E-state index in [0.717, 1.165) is 10.1 Å². The van der Waals surface area contributed by atoms with Crippen LogP contribution in [0.3, 0.4) is 0 Å². The van der Waals surface area contributed by atoms with Crippen LogP contribution in [0, 0.1) is 0 Å². The van der Waals surface area contributed by atoms with Crippen molar-refractivity contribution in [2.75, 3.05) is 5.75 Å². The number of aromatic nitrogens is 2. The van der Waals surface area contributed by atoms with Crippen molar-refractivity contribution in [1.82, 2.24) is 9.55 Å². The Kier molecular flexibility index (Phi) is 4.03. The number of thiophene rings is 1. The first kappa shape index (κ1) is 15.9. The number of thioether (sulfide) groups is 1. The van der Waals surface area contributed by atoms with E-state index in [1.165, 1.54) is 23.1 Å². The van der Waals surface area contributed by atoms with Gasteiger partial charge in [0.05, 0.1) is 17.0 Å². The molecule has 124 valence electrons. The minimum atomic E-state index is -0.450. The number of carbonyl (C=O) groups is 1. The van der Waals surface area contributed by atoms with E-state index in [1.54, 1.807) is 4.57 Å². The third kappa shape index (κ3) is 2.81. The van der Waals surface area contributed by atoms with Crippen LogP contribution in [0.15, 0.2) is 64.5 Å². The second-order valence-electron chi connectivity index (χ2n) is 5.40. The third-order valence-electron chi connectivity index (χ3n) is 3.72. The quantitative estimate of drug-likeness (QED) is 0.444. The van der Waals surface area contributed by atoms with E-state index in [4.69, 9.17) is 10.7 Å². The van der Waals surface area contributed by atoms with Gasteiger partial charge in [-0.25, -0.2) is 4.98 Å². The molecule has 4 aromatic rings. The van der Waals surface area contributed by atoms with E-state index in [0.29, 0.717) is 21.1 Å². The highest BCUT2D eigenvalue weighted by molar-refractivity contribution is 7.99. The van der Waals surface area contributed by atoms with E-state index >= 15 is 0 Å². The number of amides is 1. The Hall–Kier alpha value is -2.64. The number of para-hydroxylation sites is 1. The fourth-order valence-corrected chi connectivity index (χ4v) is 4.48. The average Bonchev–Trinajstić information content (AvgIpc) is 3.00. The molecule has 0 atom stereocenters. The number of rotatable bonds is 4. The second kappa shape index (κ2) is 6.34. The summed E-state index contributed by atoms with van der Waals surface area (Å²) in [5.74, 6) is -0.388. The monoisotopic (exact) mass is 367 g/mol. The summed E-state index contributed by atoms with van der Waals surface area (Å²) in [6, 6.07) is 17.1. The number of hydrogen-bond donors (Lipinski definition) is 1. The highest BCUT2D eigenvalue weighted by atomic mass is 32.2. The molecule has 0 saturated carbocycles. The number of hydrogen-bond acceptors (Lipinski definition) is 5. The zero-order chi connectivity index (χ0) is 17.4. The third-order valence-corrected chi connectivity index (χ3v) is 5.83. The molecule has 0 radical (unpaired) electrons. The molecular weight excluding hydrogens is 354 g/mol. The van der Waals surface area contributed by atoms with Gasteiger partial charge in [0.25, 0.3) is 5.56 Å². The van der Waals surface area contributed by atoms with Gasteiger partial charge in [-0.2, -0.15) is 0 Å². The molecule has 0 aliphatic rings. The molecule has 7 heteroatoms.